The Labute approximate surface area is 147 Å². The van der Waals surface area contributed by atoms with Gasteiger partial charge < -0.3 is 15.8 Å². The van der Waals surface area contributed by atoms with Crippen LogP contribution in [-0.4, -0.2) is 65.3 Å². The molecule has 3 rings (SSSR count). The average molecular weight is 349 g/mol. The lowest BCUT2D eigenvalue weighted by Crippen LogP contribution is -2.49. The van der Waals surface area contributed by atoms with E-state index in [0.717, 1.165) is 51.1 Å². The number of nitrogens with zero attached hydrogens (tertiary/aromatic N) is 2. The molecule has 0 saturated carbocycles. The van der Waals surface area contributed by atoms with Gasteiger partial charge in [-0.25, -0.2) is 0 Å². The summed E-state index contributed by atoms with van der Waals surface area (Å²) in [4.78, 5) is 25.8. The van der Waals surface area contributed by atoms with Crippen LogP contribution in [0.2, 0.25) is 0 Å². The minimum absolute atomic E-state index is 0.0404. The standard InChI is InChI=1S/C17H27N5O3/c1-11(17(24)19-9-13-5-3-7-25-13)22-6-2-4-12(10-22)14-8-15(16(18)23)21-20-14/h8,11-13H,2-7,9-10H2,1H3,(H2,18,23)(H,19,24)(H,20,21)/t11-,12-,13-/m1/s1. The number of piperidine rings is 1. The number of amides is 2. The Balaban J connectivity index is 1.54. The molecule has 2 amide bonds. The first-order chi connectivity index (χ1) is 12.0. The molecule has 0 unspecified atom stereocenters. The lowest BCUT2D eigenvalue weighted by atomic mass is 9.93. The number of hydrogen-bond acceptors (Lipinski definition) is 5. The maximum absolute atomic E-state index is 12.4. The zero-order valence-corrected chi connectivity index (χ0v) is 14.7. The van der Waals surface area contributed by atoms with Crippen molar-refractivity contribution in [3.05, 3.63) is 17.5 Å². The minimum Gasteiger partial charge on any atom is -0.376 e. The Morgan fingerprint density at radius 1 is 1.48 bits per heavy atom. The minimum atomic E-state index is -0.531. The zero-order chi connectivity index (χ0) is 17.8. The van der Waals surface area contributed by atoms with Gasteiger partial charge in [0.15, 0.2) is 0 Å². The summed E-state index contributed by atoms with van der Waals surface area (Å²) in [7, 11) is 0. The number of rotatable bonds is 6. The molecular formula is C17H27N5O3. The number of nitrogens with two attached hydrogens (primary N) is 1. The molecule has 8 heteroatoms. The molecule has 3 heterocycles. The van der Waals surface area contributed by atoms with Crippen molar-refractivity contribution < 1.29 is 14.3 Å². The quantitative estimate of drug-likeness (QED) is 0.687. The number of carbonyl (C=O) groups is 2. The second-order valence-electron chi connectivity index (χ2n) is 6.96. The molecule has 138 valence electrons. The van der Waals surface area contributed by atoms with Gasteiger partial charge in [-0.2, -0.15) is 5.10 Å². The van der Waals surface area contributed by atoms with Crippen LogP contribution in [0.15, 0.2) is 6.07 Å². The fourth-order valence-corrected chi connectivity index (χ4v) is 3.62. The van der Waals surface area contributed by atoms with Crippen LogP contribution in [0.3, 0.4) is 0 Å². The summed E-state index contributed by atoms with van der Waals surface area (Å²) in [6.45, 7) is 4.97. The van der Waals surface area contributed by atoms with Crippen molar-refractivity contribution in [3.8, 4) is 0 Å². The summed E-state index contributed by atoms with van der Waals surface area (Å²) in [6.07, 6.45) is 4.24. The van der Waals surface area contributed by atoms with Crippen molar-refractivity contribution in [2.24, 2.45) is 5.73 Å². The fourth-order valence-electron chi connectivity index (χ4n) is 3.62. The van der Waals surface area contributed by atoms with E-state index < -0.39 is 5.91 Å². The third-order valence-corrected chi connectivity index (χ3v) is 5.20. The fraction of sp³-hybridized carbons (Fsp3) is 0.706. The molecule has 3 atom stereocenters. The predicted molar refractivity (Wildman–Crippen MR) is 92.1 cm³/mol. The highest BCUT2D eigenvalue weighted by molar-refractivity contribution is 5.90. The maximum Gasteiger partial charge on any atom is 0.269 e. The van der Waals surface area contributed by atoms with E-state index in [0.29, 0.717) is 6.54 Å². The number of aromatic amines is 1. The van der Waals surface area contributed by atoms with E-state index in [1.165, 1.54) is 0 Å². The third kappa shape index (κ3) is 4.38. The number of likely N-dealkylation sites (tertiary alicyclic amines) is 1. The van der Waals surface area contributed by atoms with E-state index in [4.69, 9.17) is 10.5 Å². The number of primary amides is 1. The van der Waals surface area contributed by atoms with Crippen molar-refractivity contribution >= 4 is 11.8 Å². The van der Waals surface area contributed by atoms with Gasteiger partial charge in [0.1, 0.15) is 5.69 Å². The van der Waals surface area contributed by atoms with Crippen molar-refractivity contribution in [1.82, 2.24) is 20.4 Å². The molecule has 1 aromatic rings. The zero-order valence-electron chi connectivity index (χ0n) is 14.7. The largest absolute Gasteiger partial charge is 0.376 e. The number of ether oxygens (including phenoxy) is 1. The summed E-state index contributed by atoms with van der Waals surface area (Å²) in [5, 5.41) is 9.88. The van der Waals surface area contributed by atoms with Crippen LogP contribution in [-0.2, 0) is 9.53 Å². The molecule has 25 heavy (non-hydrogen) atoms. The van der Waals surface area contributed by atoms with Crippen LogP contribution >= 0.6 is 0 Å². The molecule has 2 saturated heterocycles. The SMILES string of the molecule is C[C@H](C(=O)NC[C@H]1CCCO1)N1CCC[C@@H](c2cc(C(N)=O)n[nH]2)C1. The molecule has 4 N–H and O–H groups in total. The summed E-state index contributed by atoms with van der Waals surface area (Å²) in [5.74, 6) is -0.265. The van der Waals surface area contributed by atoms with Gasteiger partial charge in [-0.1, -0.05) is 0 Å². The van der Waals surface area contributed by atoms with Gasteiger partial charge >= 0.3 is 0 Å². The van der Waals surface area contributed by atoms with E-state index >= 15 is 0 Å². The van der Waals surface area contributed by atoms with Gasteiger partial charge in [0.05, 0.1) is 12.1 Å². The second kappa shape index (κ2) is 7.97. The number of hydrogen-bond donors (Lipinski definition) is 3. The van der Waals surface area contributed by atoms with Crippen LogP contribution < -0.4 is 11.1 Å². The molecule has 1 aromatic heterocycles. The van der Waals surface area contributed by atoms with E-state index in [-0.39, 0.29) is 29.7 Å². The van der Waals surface area contributed by atoms with Crippen LogP contribution in [0.1, 0.15) is 54.7 Å². The van der Waals surface area contributed by atoms with E-state index in [2.05, 4.69) is 20.4 Å². The summed E-state index contributed by atoms with van der Waals surface area (Å²) in [6, 6.07) is 1.53. The highest BCUT2D eigenvalue weighted by Gasteiger charge is 2.29. The summed E-state index contributed by atoms with van der Waals surface area (Å²) in [5.41, 5.74) is 6.43. The number of H-pyrrole nitrogens is 1. The van der Waals surface area contributed by atoms with E-state index in [1.54, 1.807) is 6.07 Å². The van der Waals surface area contributed by atoms with Gasteiger partial charge in [0.2, 0.25) is 5.91 Å². The molecule has 8 nitrogen and oxygen atoms in total. The molecule has 0 aromatic carbocycles. The van der Waals surface area contributed by atoms with Gasteiger partial charge in [0.25, 0.3) is 5.91 Å². The number of carbonyl (C=O) groups excluding carboxylic acids is 2. The molecule has 0 bridgehead atoms. The smallest absolute Gasteiger partial charge is 0.269 e. The number of aromatic nitrogens is 2. The van der Waals surface area contributed by atoms with Crippen molar-refractivity contribution in [1.29, 1.82) is 0 Å². The predicted octanol–water partition coefficient (Wildman–Crippen LogP) is 0.372. The Morgan fingerprint density at radius 2 is 2.32 bits per heavy atom. The van der Waals surface area contributed by atoms with E-state index in [9.17, 15) is 9.59 Å². The first kappa shape index (κ1) is 17.9. The second-order valence-corrected chi connectivity index (χ2v) is 6.96. The Bertz CT molecular complexity index is 611. The van der Waals surface area contributed by atoms with Crippen molar-refractivity contribution in [2.75, 3.05) is 26.2 Å². The first-order valence-electron chi connectivity index (χ1n) is 9.03. The normalized spacial score (nSPS) is 25.6. The highest BCUT2D eigenvalue weighted by Crippen LogP contribution is 2.27. The molecular weight excluding hydrogens is 322 g/mol. The van der Waals surface area contributed by atoms with Gasteiger partial charge in [-0.3, -0.25) is 19.6 Å². The lowest BCUT2D eigenvalue weighted by Gasteiger charge is -2.35. The van der Waals surface area contributed by atoms with Gasteiger partial charge in [-0.05, 0) is 45.2 Å². The van der Waals surface area contributed by atoms with E-state index in [1.807, 2.05) is 6.92 Å². The average Bonchev–Trinajstić information content (AvgIpc) is 3.30. The van der Waals surface area contributed by atoms with Crippen LogP contribution in [0.4, 0.5) is 0 Å². The van der Waals surface area contributed by atoms with Gasteiger partial charge in [0, 0.05) is 31.3 Å². The monoisotopic (exact) mass is 349 g/mol. The molecule has 0 spiro atoms. The Hall–Kier alpha value is -1.93. The molecule has 2 fully saturated rings. The topological polar surface area (TPSA) is 113 Å². The highest BCUT2D eigenvalue weighted by atomic mass is 16.5. The Morgan fingerprint density at radius 3 is 3.00 bits per heavy atom. The maximum atomic E-state index is 12.4. The first-order valence-corrected chi connectivity index (χ1v) is 9.03. The molecule has 0 aliphatic carbocycles. The number of nitrogens with one attached hydrogen (secondary N) is 2. The van der Waals surface area contributed by atoms with Crippen LogP contribution in [0, 0.1) is 0 Å². The molecule has 2 aliphatic rings. The van der Waals surface area contributed by atoms with Crippen molar-refractivity contribution in [2.45, 2.75) is 50.7 Å². The van der Waals surface area contributed by atoms with Gasteiger partial charge in [-0.15, -0.1) is 0 Å². The van der Waals surface area contributed by atoms with Crippen LogP contribution in [0.5, 0.6) is 0 Å². The summed E-state index contributed by atoms with van der Waals surface area (Å²) >= 11 is 0. The molecule has 2 aliphatic heterocycles. The third-order valence-electron chi connectivity index (χ3n) is 5.20. The molecule has 0 radical (unpaired) electrons. The van der Waals surface area contributed by atoms with Crippen LogP contribution in [0.25, 0.3) is 0 Å². The lowest BCUT2D eigenvalue weighted by molar-refractivity contribution is -0.126. The Kier molecular flexibility index (Phi) is 5.70. The summed E-state index contributed by atoms with van der Waals surface area (Å²) < 4.78 is 5.55. The van der Waals surface area contributed by atoms with Crippen molar-refractivity contribution in [3.63, 3.8) is 0 Å².